The van der Waals surface area contributed by atoms with Gasteiger partial charge in [-0.2, -0.15) is 4.31 Å². The molecular formula is C19H30N2O4S. The van der Waals surface area contributed by atoms with Gasteiger partial charge in [0, 0.05) is 19.6 Å². The average Bonchev–Trinajstić information content (AvgIpc) is 2.65. The van der Waals surface area contributed by atoms with Crippen molar-refractivity contribution in [3.05, 3.63) is 23.8 Å². The minimum atomic E-state index is -3.61. The highest BCUT2D eigenvalue weighted by molar-refractivity contribution is 7.89. The average molecular weight is 383 g/mol. The minimum Gasteiger partial charge on any atom is -0.496 e. The number of rotatable bonds is 8. The fourth-order valence-corrected chi connectivity index (χ4v) is 4.88. The van der Waals surface area contributed by atoms with Gasteiger partial charge in [0.2, 0.25) is 15.9 Å². The van der Waals surface area contributed by atoms with E-state index in [4.69, 9.17) is 4.74 Å². The molecule has 0 bridgehead atoms. The molecule has 0 aliphatic carbocycles. The van der Waals surface area contributed by atoms with Gasteiger partial charge < -0.3 is 10.1 Å². The van der Waals surface area contributed by atoms with Gasteiger partial charge in [0.25, 0.3) is 0 Å². The van der Waals surface area contributed by atoms with E-state index in [9.17, 15) is 13.2 Å². The first-order chi connectivity index (χ1) is 12.4. The van der Waals surface area contributed by atoms with Crippen LogP contribution >= 0.6 is 0 Å². The lowest BCUT2D eigenvalue weighted by Crippen LogP contribution is -2.45. The van der Waals surface area contributed by atoms with E-state index in [0.29, 0.717) is 25.3 Å². The summed E-state index contributed by atoms with van der Waals surface area (Å²) >= 11 is 0. The molecular weight excluding hydrogens is 352 g/mol. The van der Waals surface area contributed by atoms with Crippen LogP contribution in [0.2, 0.25) is 0 Å². The molecule has 1 aliphatic rings. The Kier molecular flexibility index (Phi) is 7.46. The summed E-state index contributed by atoms with van der Waals surface area (Å²) in [6.07, 6.45) is 4.58. The van der Waals surface area contributed by atoms with E-state index in [1.165, 1.54) is 4.31 Å². The minimum absolute atomic E-state index is 0.0353. The van der Waals surface area contributed by atoms with Crippen molar-refractivity contribution in [2.24, 2.45) is 5.92 Å². The van der Waals surface area contributed by atoms with Crippen LogP contribution in [0.25, 0.3) is 0 Å². The van der Waals surface area contributed by atoms with Gasteiger partial charge in [0.1, 0.15) is 5.75 Å². The van der Waals surface area contributed by atoms with E-state index in [-0.39, 0.29) is 23.3 Å². The van der Waals surface area contributed by atoms with Crippen LogP contribution in [0.3, 0.4) is 0 Å². The third kappa shape index (κ3) is 4.98. The normalized spacial score (nSPS) is 18.5. The number of carbonyl (C=O) groups excluding carboxylic acids is 1. The fourth-order valence-electron chi connectivity index (χ4n) is 3.27. The Hall–Kier alpha value is -1.60. The van der Waals surface area contributed by atoms with E-state index in [2.05, 4.69) is 12.2 Å². The highest BCUT2D eigenvalue weighted by Crippen LogP contribution is 2.27. The number of carbonyl (C=O) groups is 1. The largest absolute Gasteiger partial charge is 0.496 e. The van der Waals surface area contributed by atoms with Gasteiger partial charge >= 0.3 is 0 Å². The molecule has 146 valence electrons. The molecule has 1 amide bonds. The third-order valence-electron chi connectivity index (χ3n) is 4.84. The number of piperidine rings is 1. The molecule has 1 atom stereocenters. The Morgan fingerprint density at radius 3 is 2.77 bits per heavy atom. The summed E-state index contributed by atoms with van der Waals surface area (Å²) in [7, 11) is -2.05. The number of sulfonamides is 1. The van der Waals surface area contributed by atoms with Crippen molar-refractivity contribution in [3.63, 3.8) is 0 Å². The maximum atomic E-state index is 13.0. The van der Waals surface area contributed by atoms with Crippen LogP contribution in [-0.2, 0) is 14.8 Å². The topological polar surface area (TPSA) is 75.7 Å². The highest BCUT2D eigenvalue weighted by Gasteiger charge is 2.33. The number of benzene rings is 1. The molecule has 1 unspecified atom stereocenters. The molecule has 1 aromatic carbocycles. The summed E-state index contributed by atoms with van der Waals surface area (Å²) in [4.78, 5) is 12.6. The molecule has 0 saturated carbocycles. The molecule has 1 saturated heterocycles. The molecule has 1 aromatic rings. The molecule has 2 rings (SSSR count). The first kappa shape index (κ1) is 20.7. The van der Waals surface area contributed by atoms with E-state index in [1.54, 1.807) is 25.3 Å². The molecule has 1 heterocycles. The SMILES string of the molecule is CCCCCNC(=O)C1CCCN(S(=O)(=O)c2ccc(OC)c(C)c2)C1. The summed E-state index contributed by atoms with van der Waals surface area (Å²) in [5.41, 5.74) is 0.774. The van der Waals surface area contributed by atoms with Crippen LogP contribution in [0.4, 0.5) is 0 Å². The second kappa shape index (κ2) is 9.37. The first-order valence-electron chi connectivity index (χ1n) is 9.32. The molecule has 0 radical (unpaired) electrons. The van der Waals surface area contributed by atoms with Crippen molar-refractivity contribution in [2.75, 3.05) is 26.7 Å². The fraction of sp³-hybridized carbons (Fsp3) is 0.632. The zero-order chi connectivity index (χ0) is 19.2. The van der Waals surface area contributed by atoms with Crippen LogP contribution in [-0.4, -0.2) is 45.4 Å². The number of aryl methyl sites for hydroxylation is 1. The molecule has 26 heavy (non-hydrogen) atoms. The van der Waals surface area contributed by atoms with Gasteiger partial charge in [-0.15, -0.1) is 0 Å². The number of methoxy groups -OCH3 is 1. The van der Waals surface area contributed by atoms with Gasteiger partial charge in [-0.3, -0.25) is 4.79 Å². The quantitative estimate of drug-likeness (QED) is 0.702. The van der Waals surface area contributed by atoms with Crippen LogP contribution in [0.1, 0.15) is 44.6 Å². The zero-order valence-electron chi connectivity index (χ0n) is 16.0. The van der Waals surface area contributed by atoms with Gasteiger partial charge in [-0.25, -0.2) is 8.42 Å². The number of hydrogen-bond donors (Lipinski definition) is 1. The van der Waals surface area contributed by atoms with E-state index in [1.807, 2.05) is 6.92 Å². The Bertz CT molecular complexity index is 718. The summed E-state index contributed by atoms with van der Waals surface area (Å²) < 4.78 is 32.6. The zero-order valence-corrected chi connectivity index (χ0v) is 16.8. The lowest BCUT2D eigenvalue weighted by atomic mass is 9.99. The van der Waals surface area contributed by atoms with Crippen LogP contribution < -0.4 is 10.1 Å². The number of nitrogens with zero attached hydrogens (tertiary/aromatic N) is 1. The van der Waals surface area contributed by atoms with Gasteiger partial charge in [0.05, 0.1) is 17.9 Å². The molecule has 7 heteroatoms. The third-order valence-corrected chi connectivity index (χ3v) is 6.70. The van der Waals surface area contributed by atoms with E-state index in [0.717, 1.165) is 31.2 Å². The number of nitrogens with one attached hydrogen (secondary N) is 1. The van der Waals surface area contributed by atoms with Crippen LogP contribution in [0.5, 0.6) is 5.75 Å². The Morgan fingerprint density at radius 2 is 2.12 bits per heavy atom. The predicted molar refractivity (Wildman–Crippen MR) is 102 cm³/mol. The van der Waals surface area contributed by atoms with E-state index < -0.39 is 10.0 Å². The Morgan fingerprint density at radius 1 is 1.35 bits per heavy atom. The summed E-state index contributed by atoms with van der Waals surface area (Å²) in [5, 5.41) is 2.95. The monoisotopic (exact) mass is 382 g/mol. The lowest BCUT2D eigenvalue weighted by molar-refractivity contribution is -0.126. The maximum Gasteiger partial charge on any atom is 0.243 e. The Balaban J connectivity index is 2.05. The first-order valence-corrected chi connectivity index (χ1v) is 10.8. The molecule has 1 aliphatic heterocycles. The van der Waals surface area contributed by atoms with Gasteiger partial charge in [-0.1, -0.05) is 19.8 Å². The lowest BCUT2D eigenvalue weighted by Gasteiger charge is -2.31. The van der Waals surface area contributed by atoms with Crippen LogP contribution in [0, 0.1) is 12.8 Å². The van der Waals surface area contributed by atoms with Crippen molar-refractivity contribution in [1.29, 1.82) is 0 Å². The van der Waals surface area contributed by atoms with Crippen molar-refractivity contribution in [3.8, 4) is 5.75 Å². The predicted octanol–water partition coefficient (Wildman–Crippen LogP) is 2.71. The molecule has 0 aromatic heterocycles. The highest BCUT2D eigenvalue weighted by atomic mass is 32.2. The smallest absolute Gasteiger partial charge is 0.243 e. The summed E-state index contributed by atoms with van der Waals surface area (Å²) in [6, 6.07) is 4.86. The number of amides is 1. The molecule has 6 nitrogen and oxygen atoms in total. The summed E-state index contributed by atoms with van der Waals surface area (Å²) in [6.45, 7) is 5.29. The van der Waals surface area contributed by atoms with Crippen molar-refractivity contribution >= 4 is 15.9 Å². The second-order valence-corrected chi connectivity index (χ2v) is 8.77. The molecule has 1 N–H and O–H groups in total. The van der Waals surface area contributed by atoms with Gasteiger partial charge in [0.15, 0.2) is 0 Å². The number of ether oxygens (including phenoxy) is 1. The molecule has 1 fully saturated rings. The van der Waals surface area contributed by atoms with Crippen molar-refractivity contribution in [2.45, 2.75) is 50.8 Å². The summed E-state index contributed by atoms with van der Waals surface area (Å²) in [5.74, 6) is 0.346. The number of unbranched alkanes of at least 4 members (excludes halogenated alkanes) is 2. The van der Waals surface area contributed by atoms with Crippen molar-refractivity contribution < 1.29 is 17.9 Å². The van der Waals surface area contributed by atoms with E-state index >= 15 is 0 Å². The maximum absolute atomic E-state index is 13.0. The standard InChI is InChI=1S/C19H30N2O4S/c1-4-5-6-11-20-19(22)16-8-7-12-21(14-16)26(23,24)17-9-10-18(25-3)15(2)13-17/h9-10,13,16H,4-8,11-12,14H2,1-3H3,(H,20,22). The van der Waals surface area contributed by atoms with Gasteiger partial charge in [-0.05, 0) is 49.9 Å². The second-order valence-electron chi connectivity index (χ2n) is 6.83. The molecule has 0 spiro atoms. The number of hydrogen-bond acceptors (Lipinski definition) is 4. The Labute approximate surface area is 157 Å². The van der Waals surface area contributed by atoms with Crippen LogP contribution in [0.15, 0.2) is 23.1 Å². The van der Waals surface area contributed by atoms with Crippen molar-refractivity contribution in [1.82, 2.24) is 9.62 Å².